The molecule has 1 saturated carbocycles. The molecule has 0 spiro atoms. The summed E-state index contributed by atoms with van der Waals surface area (Å²) in [6.07, 6.45) is 3.45. The van der Waals surface area contributed by atoms with Crippen LogP contribution in [0.2, 0.25) is 5.02 Å². The Hall–Kier alpha value is -0.580. The van der Waals surface area contributed by atoms with Crippen LogP contribution >= 0.6 is 11.6 Å². The zero-order chi connectivity index (χ0) is 12.4. The van der Waals surface area contributed by atoms with E-state index in [1.807, 2.05) is 18.7 Å². The van der Waals surface area contributed by atoms with Crippen molar-refractivity contribution in [1.82, 2.24) is 15.1 Å². The molecule has 0 bridgehead atoms. The summed E-state index contributed by atoms with van der Waals surface area (Å²) in [7, 11) is 1.91. The summed E-state index contributed by atoms with van der Waals surface area (Å²) >= 11 is 6.20. The topological polar surface area (TPSA) is 50.1 Å². The summed E-state index contributed by atoms with van der Waals surface area (Å²) in [6.45, 7) is 2.91. The van der Waals surface area contributed by atoms with Crippen molar-refractivity contribution >= 4 is 11.6 Å². The Morgan fingerprint density at radius 3 is 2.88 bits per heavy atom. The van der Waals surface area contributed by atoms with Gasteiger partial charge in [-0.1, -0.05) is 18.0 Å². The fourth-order valence-corrected chi connectivity index (χ4v) is 2.85. The number of nitrogens with zero attached hydrogens (tertiary/aromatic N) is 2. The van der Waals surface area contributed by atoms with E-state index in [0.29, 0.717) is 12.0 Å². The molecule has 4 nitrogen and oxygen atoms in total. The maximum Gasteiger partial charge on any atom is 0.0860 e. The first-order chi connectivity index (χ1) is 8.13. The second kappa shape index (κ2) is 5.38. The van der Waals surface area contributed by atoms with Crippen LogP contribution in [-0.2, 0) is 13.6 Å². The summed E-state index contributed by atoms with van der Waals surface area (Å²) in [5, 5.41) is 17.8. The molecular formula is C12H20ClN3O. The van der Waals surface area contributed by atoms with Gasteiger partial charge in [0, 0.05) is 26.2 Å². The third kappa shape index (κ3) is 2.64. The quantitative estimate of drug-likeness (QED) is 0.862. The average Bonchev–Trinajstić information content (AvgIpc) is 2.84. The highest BCUT2D eigenvalue weighted by Crippen LogP contribution is 2.26. The molecular weight excluding hydrogens is 238 g/mol. The molecule has 1 aliphatic carbocycles. The Kier molecular flexibility index (Phi) is 4.07. The summed E-state index contributed by atoms with van der Waals surface area (Å²) in [4.78, 5) is 0. The molecule has 1 aromatic rings. The van der Waals surface area contributed by atoms with Crippen molar-refractivity contribution in [3.05, 3.63) is 16.4 Å². The van der Waals surface area contributed by atoms with Crippen LogP contribution in [0.4, 0.5) is 0 Å². The Bertz CT molecular complexity index is 391. The van der Waals surface area contributed by atoms with E-state index in [9.17, 15) is 5.11 Å². The molecule has 1 heterocycles. The van der Waals surface area contributed by atoms with E-state index in [-0.39, 0.29) is 6.61 Å². The second-order valence-electron chi connectivity index (χ2n) is 4.83. The largest absolute Gasteiger partial charge is 0.396 e. The van der Waals surface area contributed by atoms with Crippen LogP contribution < -0.4 is 5.32 Å². The molecule has 0 amide bonds. The lowest BCUT2D eigenvalue weighted by Gasteiger charge is -2.19. The van der Waals surface area contributed by atoms with Gasteiger partial charge in [0.1, 0.15) is 0 Å². The predicted octanol–water partition coefficient (Wildman–Crippen LogP) is 1.63. The highest BCUT2D eigenvalue weighted by Gasteiger charge is 2.26. The minimum atomic E-state index is 0.274. The molecule has 0 radical (unpaired) electrons. The van der Waals surface area contributed by atoms with E-state index in [1.54, 1.807) is 0 Å². The number of aromatic nitrogens is 2. The molecule has 96 valence electrons. The SMILES string of the molecule is Cc1nn(C)c(CNC2CCCC2CO)c1Cl. The molecule has 0 aromatic carbocycles. The highest BCUT2D eigenvalue weighted by molar-refractivity contribution is 6.31. The summed E-state index contributed by atoms with van der Waals surface area (Å²) in [6, 6.07) is 0.409. The molecule has 0 aliphatic heterocycles. The van der Waals surface area contributed by atoms with Crippen LogP contribution in [0.5, 0.6) is 0 Å². The van der Waals surface area contributed by atoms with Gasteiger partial charge < -0.3 is 10.4 Å². The van der Waals surface area contributed by atoms with E-state index >= 15 is 0 Å². The van der Waals surface area contributed by atoms with E-state index in [0.717, 1.165) is 35.8 Å². The van der Waals surface area contributed by atoms with Gasteiger partial charge in [-0.15, -0.1) is 0 Å². The normalized spacial score (nSPS) is 24.5. The van der Waals surface area contributed by atoms with E-state index < -0.39 is 0 Å². The fourth-order valence-electron chi connectivity index (χ4n) is 2.62. The lowest BCUT2D eigenvalue weighted by atomic mass is 10.1. The molecule has 17 heavy (non-hydrogen) atoms. The maximum absolute atomic E-state index is 9.26. The number of hydrogen-bond donors (Lipinski definition) is 2. The number of nitrogens with one attached hydrogen (secondary N) is 1. The van der Waals surface area contributed by atoms with Gasteiger partial charge in [-0.25, -0.2) is 0 Å². The van der Waals surface area contributed by atoms with Crippen molar-refractivity contribution in [2.45, 2.75) is 38.8 Å². The molecule has 2 N–H and O–H groups in total. The number of hydrogen-bond acceptors (Lipinski definition) is 3. The van der Waals surface area contributed by atoms with E-state index in [1.165, 1.54) is 6.42 Å². The van der Waals surface area contributed by atoms with Crippen molar-refractivity contribution < 1.29 is 5.11 Å². The van der Waals surface area contributed by atoms with Gasteiger partial charge in [0.25, 0.3) is 0 Å². The van der Waals surface area contributed by atoms with Crippen LogP contribution in [0, 0.1) is 12.8 Å². The third-order valence-corrected chi connectivity index (χ3v) is 4.18. The lowest BCUT2D eigenvalue weighted by molar-refractivity contribution is 0.204. The van der Waals surface area contributed by atoms with Crippen LogP contribution in [0.25, 0.3) is 0 Å². The summed E-state index contributed by atoms with van der Waals surface area (Å²) < 4.78 is 1.83. The number of rotatable bonds is 4. The smallest absolute Gasteiger partial charge is 0.0860 e. The Morgan fingerprint density at radius 2 is 2.29 bits per heavy atom. The van der Waals surface area contributed by atoms with E-state index in [2.05, 4.69) is 10.4 Å². The Balaban J connectivity index is 1.97. The summed E-state index contributed by atoms with van der Waals surface area (Å²) in [5.41, 5.74) is 1.89. The van der Waals surface area contributed by atoms with Crippen LogP contribution in [-0.4, -0.2) is 27.5 Å². The number of aliphatic hydroxyl groups is 1. The van der Waals surface area contributed by atoms with Crippen molar-refractivity contribution in [2.75, 3.05) is 6.61 Å². The lowest BCUT2D eigenvalue weighted by Crippen LogP contribution is -2.34. The molecule has 1 aromatic heterocycles. The zero-order valence-electron chi connectivity index (χ0n) is 10.4. The van der Waals surface area contributed by atoms with Crippen LogP contribution in [0.3, 0.4) is 0 Å². The minimum Gasteiger partial charge on any atom is -0.396 e. The highest BCUT2D eigenvalue weighted by atomic mass is 35.5. The number of halogens is 1. The van der Waals surface area contributed by atoms with Crippen molar-refractivity contribution in [3.8, 4) is 0 Å². The average molecular weight is 258 g/mol. The molecule has 5 heteroatoms. The molecule has 0 saturated heterocycles. The van der Waals surface area contributed by atoms with Gasteiger partial charge in [0.2, 0.25) is 0 Å². The van der Waals surface area contributed by atoms with E-state index in [4.69, 9.17) is 11.6 Å². The van der Waals surface area contributed by atoms with Crippen LogP contribution in [0.1, 0.15) is 30.7 Å². The number of aryl methyl sites for hydroxylation is 2. The zero-order valence-corrected chi connectivity index (χ0v) is 11.2. The fraction of sp³-hybridized carbons (Fsp3) is 0.750. The molecule has 1 aliphatic rings. The number of aliphatic hydroxyl groups excluding tert-OH is 1. The first-order valence-electron chi connectivity index (χ1n) is 6.15. The van der Waals surface area contributed by atoms with Crippen LogP contribution in [0.15, 0.2) is 0 Å². The Labute approximate surface area is 107 Å². The monoisotopic (exact) mass is 257 g/mol. The first-order valence-corrected chi connectivity index (χ1v) is 6.53. The van der Waals surface area contributed by atoms with Gasteiger partial charge in [0.05, 0.1) is 16.4 Å². The predicted molar refractivity (Wildman–Crippen MR) is 68.0 cm³/mol. The van der Waals surface area contributed by atoms with Gasteiger partial charge in [-0.3, -0.25) is 4.68 Å². The Morgan fingerprint density at radius 1 is 1.53 bits per heavy atom. The van der Waals surface area contributed by atoms with Gasteiger partial charge in [-0.05, 0) is 25.7 Å². The van der Waals surface area contributed by atoms with Gasteiger partial charge >= 0.3 is 0 Å². The minimum absolute atomic E-state index is 0.274. The van der Waals surface area contributed by atoms with Crippen molar-refractivity contribution in [1.29, 1.82) is 0 Å². The van der Waals surface area contributed by atoms with Crippen molar-refractivity contribution in [2.24, 2.45) is 13.0 Å². The summed E-state index contributed by atoms with van der Waals surface area (Å²) in [5.74, 6) is 0.392. The molecule has 2 unspecified atom stereocenters. The third-order valence-electron chi connectivity index (χ3n) is 3.69. The molecule has 2 atom stereocenters. The van der Waals surface area contributed by atoms with Crippen molar-refractivity contribution in [3.63, 3.8) is 0 Å². The maximum atomic E-state index is 9.26. The van der Waals surface area contributed by atoms with Gasteiger partial charge in [-0.2, -0.15) is 5.10 Å². The molecule has 1 fully saturated rings. The molecule has 2 rings (SSSR count). The standard InChI is InChI=1S/C12H20ClN3O/c1-8-12(13)11(16(2)15-8)6-14-10-5-3-4-9(10)7-17/h9-10,14,17H,3-7H2,1-2H3. The first kappa shape index (κ1) is 12.9. The second-order valence-corrected chi connectivity index (χ2v) is 5.21. The van der Waals surface area contributed by atoms with Gasteiger partial charge in [0.15, 0.2) is 0 Å².